The maximum atomic E-state index is 2.48. The van der Waals surface area contributed by atoms with E-state index in [1.54, 1.807) is 0 Å². The molecule has 1 heterocycles. The minimum Gasteiger partial charge on any atom is -0.344 e. The zero-order chi connectivity index (χ0) is 11.5. The fraction of sp³-hybridized carbons (Fsp3) is 0.375. The first-order valence-electron chi connectivity index (χ1n) is 6.67. The Balaban J connectivity index is 1.93. The van der Waals surface area contributed by atoms with Crippen LogP contribution in [0.5, 0.6) is 0 Å². The normalized spacial score (nSPS) is 17.2. The zero-order valence-corrected chi connectivity index (χ0v) is 10.2. The van der Waals surface area contributed by atoms with Crippen molar-refractivity contribution in [2.75, 3.05) is 0 Å². The van der Waals surface area contributed by atoms with Gasteiger partial charge >= 0.3 is 0 Å². The Hall–Kier alpha value is -1.50. The summed E-state index contributed by atoms with van der Waals surface area (Å²) in [5.41, 5.74) is 2.71. The Morgan fingerprint density at radius 2 is 1.59 bits per heavy atom. The van der Waals surface area contributed by atoms with Crippen molar-refractivity contribution < 1.29 is 0 Å². The Morgan fingerprint density at radius 3 is 2.35 bits per heavy atom. The van der Waals surface area contributed by atoms with Crippen LogP contribution >= 0.6 is 0 Å². The van der Waals surface area contributed by atoms with Crippen LogP contribution in [0.2, 0.25) is 0 Å². The lowest BCUT2D eigenvalue weighted by molar-refractivity contribution is 0.356. The highest BCUT2D eigenvalue weighted by atomic mass is 15.0. The Bertz CT molecular complexity index is 463. The van der Waals surface area contributed by atoms with E-state index in [9.17, 15) is 0 Å². The van der Waals surface area contributed by atoms with Crippen molar-refractivity contribution in [1.29, 1.82) is 0 Å². The third-order valence-corrected chi connectivity index (χ3v) is 3.82. The summed E-state index contributed by atoms with van der Waals surface area (Å²) in [6.45, 7) is 0. The van der Waals surface area contributed by atoms with E-state index in [1.165, 1.54) is 43.4 Å². The van der Waals surface area contributed by atoms with Crippen LogP contribution in [-0.2, 0) is 0 Å². The summed E-state index contributed by atoms with van der Waals surface area (Å²) < 4.78 is 2.48. The van der Waals surface area contributed by atoms with Crippen LogP contribution in [0.1, 0.15) is 38.1 Å². The van der Waals surface area contributed by atoms with Crippen molar-refractivity contribution in [3.05, 3.63) is 48.7 Å². The molecule has 1 saturated carbocycles. The monoisotopic (exact) mass is 225 g/mol. The van der Waals surface area contributed by atoms with Crippen molar-refractivity contribution in [3.8, 4) is 11.3 Å². The number of hydrogen-bond acceptors (Lipinski definition) is 0. The molecule has 3 rings (SSSR count). The van der Waals surface area contributed by atoms with Gasteiger partial charge in [0.15, 0.2) is 0 Å². The lowest BCUT2D eigenvalue weighted by Gasteiger charge is -2.25. The van der Waals surface area contributed by atoms with Gasteiger partial charge in [0.25, 0.3) is 0 Å². The van der Waals surface area contributed by atoms with Crippen LogP contribution in [0.25, 0.3) is 11.3 Å². The minimum absolute atomic E-state index is 0.717. The number of nitrogens with zero attached hydrogens (tertiary/aromatic N) is 1. The van der Waals surface area contributed by atoms with E-state index in [4.69, 9.17) is 0 Å². The molecule has 0 N–H and O–H groups in total. The second-order valence-electron chi connectivity index (χ2n) is 4.96. The van der Waals surface area contributed by atoms with E-state index in [0.29, 0.717) is 6.04 Å². The van der Waals surface area contributed by atoms with Crippen LogP contribution in [-0.4, -0.2) is 4.57 Å². The maximum Gasteiger partial charge on any atom is 0.0482 e. The Kier molecular flexibility index (Phi) is 3.00. The van der Waals surface area contributed by atoms with Crippen molar-refractivity contribution in [3.63, 3.8) is 0 Å². The first kappa shape index (κ1) is 10.6. The highest BCUT2D eigenvalue weighted by Gasteiger charge is 2.17. The third kappa shape index (κ3) is 2.14. The first-order valence-corrected chi connectivity index (χ1v) is 6.67. The number of rotatable bonds is 2. The second kappa shape index (κ2) is 4.79. The molecule has 0 bridgehead atoms. The molecule has 17 heavy (non-hydrogen) atoms. The summed E-state index contributed by atoms with van der Waals surface area (Å²) in [6, 6.07) is 15.9. The van der Waals surface area contributed by atoms with E-state index in [1.807, 2.05) is 0 Å². The van der Waals surface area contributed by atoms with Crippen molar-refractivity contribution >= 4 is 0 Å². The van der Waals surface area contributed by atoms with Crippen molar-refractivity contribution in [1.82, 2.24) is 4.57 Å². The molecule has 1 aliphatic carbocycles. The molecule has 1 nitrogen and oxygen atoms in total. The predicted octanol–water partition coefficient (Wildman–Crippen LogP) is 4.66. The van der Waals surface area contributed by atoms with Crippen molar-refractivity contribution in [2.45, 2.75) is 38.1 Å². The summed E-state index contributed by atoms with van der Waals surface area (Å²) >= 11 is 0. The van der Waals surface area contributed by atoms with Crippen molar-refractivity contribution in [2.24, 2.45) is 0 Å². The number of benzene rings is 1. The fourth-order valence-corrected chi connectivity index (χ4v) is 2.93. The van der Waals surface area contributed by atoms with E-state index >= 15 is 0 Å². The molecule has 1 heteroatoms. The molecule has 1 aromatic carbocycles. The Morgan fingerprint density at radius 1 is 0.824 bits per heavy atom. The van der Waals surface area contributed by atoms with Gasteiger partial charge in [-0.05, 0) is 30.5 Å². The summed E-state index contributed by atoms with van der Waals surface area (Å²) in [6.07, 6.45) is 9.12. The molecule has 88 valence electrons. The van der Waals surface area contributed by atoms with Gasteiger partial charge in [0.05, 0.1) is 0 Å². The van der Waals surface area contributed by atoms with Crippen LogP contribution in [0, 0.1) is 0 Å². The Labute approximate surface area is 103 Å². The van der Waals surface area contributed by atoms with Crippen LogP contribution in [0.4, 0.5) is 0 Å². The number of aromatic nitrogens is 1. The van der Waals surface area contributed by atoms with Crippen LogP contribution in [0.15, 0.2) is 48.7 Å². The molecule has 0 atom stereocenters. The quantitative estimate of drug-likeness (QED) is 0.700. The molecule has 1 fully saturated rings. The van der Waals surface area contributed by atoms with Gasteiger partial charge in [-0.2, -0.15) is 0 Å². The fourth-order valence-electron chi connectivity index (χ4n) is 2.93. The average molecular weight is 225 g/mol. The van der Waals surface area contributed by atoms with Gasteiger partial charge in [-0.1, -0.05) is 49.6 Å². The average Bonchev–Trinajstić information content (AvgIpc) is 2.90. The van der Waals surface area contributed by atoms with Gasteiger partial charge in [0.1, 0.15) is 0 Å². The maximum absolute atomic E-state index is 2.48. The summed E-state index contributed by atoms with van der Waals surface area (Å²) in [5, 5.41) is 0. The molecular weight excluding hydrogens is 206 g/mol. The molecule has 0 radical (unpaired) electrons. The topological polar surface area (TPSA) is 4.93 Å². The highest BCUT2D eigenvalue weighted by molar-refractivity contribution is 5.60. The summed E-state index contributed by atoms with van der Waals surface area (Å²) in [7, 11) is 0. The molecule has 1 aromatic heterocycles. The molecular formula is C16H19N. The molecule has 0 unspecified atom stereocenters. The van der Waals surface area contributed by atoms with Gasteiger partial charge in [-0.15, -0.1) is 0 Å². The van der Waals surface area contributed by atoms with Gasteiger partial charge in [-0.3, -0.25) is 0 Å². The lowest BCUT2D eigenvalue weighted by atomic mass is 9.95. The SMILES string of the molecule is c1ccc(-c2cccn2C2CCCCC2)cc1. The predicted molar refractivity (Wildman–Crippen MR) is 72.0 cm³/mol. The van der Waals surface area contributed by atoms with Crippen LogP contribution in [0.3, 0.4) is 0 Å². The summed E-state index contributed by atoms with van der Waals surface area (Å²) in [5.74, 6) is 0. The van der Waals surface area contributed by atoms with Gasteiger partial charge in [0, 0.05) is 17.9 Å². The van der Waals surface area contributed by atoms with E-state index in [-0.39, 0.29) is 0 Å². The minimum atomic E-state index is 0.717. The highest BCUT2D eigenvalue weighted by Crippen LogP contribution is 2.32. The first-order chi connectivity index (χ1) is 8.45. The molecule has 0 spiro atoms. The lowest BCUT2D eigenvalue weighted by Crippen LogP contribution is -2.12. The van der Waals surface area contributed by atoms with Gasteiger partial charge in [0.2, 0.25) is 0 Å². The summed E-state index contributed by atoms with van der Waals surface area (Å²) in [4.78, 5) is 0. The van der Waals surface area contributed by atoms with Gasteiger partial charge < -0.3 is 4.57 Å². The standard InChI is InChI=1S/C16H19N/c1-3-8-14(9-4-1)16-12-7-13-17(16)15-10-5-2-6-11-15/h1,3-4,7-9,12-13,15H,2,5-6,10-11H2. The van der Waals surface area contributed by atoms with Crippen LogP contribution < -0.4 is 0 Å². The molecule has 2 aromatic rings. The van der Waals surface area contributed by atoms with E-state index in [0.717, 1.165) is 0 Å². The molecule has 0 saturated heterocycles. The van der Waals surface area contributed by atoms with E-state index < -0.39 is 0 Å². The third-order valence-electron chi connectivity index (χ3n) is 3.82. The van der Waals surface area contributed by atoms with E-state index in [2.05, 4.69) is 53.2 Å². The molecule has 0 aliphatic heterocycles. The zero-order valence-electron chi connectivity index (χ0n) is 10.2. The van der Waals surface area contributed by atoms with Gasteiger partial charge in [-0.25, -0.2) is 0 Å². The molecule has 0 amide bonds. The second-order valence-corrected chi connectivity index (χ2v) is 4.96. The molecule has 1 aliphatic rings. The number of hydrogen-bond donors (Lipinski definition) is 0. The smallest absolute Gasteiger partial charge is 0.0482 e. The largest absolute Gasteiger partial charge is 0.344 e.